The maximum absolute atomic E-state index is 16.1. The van der Waals surface area contributed by atoms with Crippen LogP contribution in [-0.2, 0) is 24.7 Å². The third-order valence-electron chi connectivity index (χ3n) is 8.96. The lowest BCUT2D eigenvalue weighted by molar-refractivity contribution is -0.149. The number of anilines is 3. The van der Waals surface area contributed by atoms with Gasteiger partial charge in [-0.1, -0.05) is 31.2 Å². The number of carbonyl (C=O) groups excluding carboxylic acids is 3. The third kappa shape index (κ3) is 4.81. The van der Waals surface area contributed by atoms with Crippen molar-refractivity contribution in [2.75, 3.05) is 29.5 Å². The minimum atomic E-state index is -3.46. The fraction of sp³-hybridized carbons (Fsp3) is 0.452. The first-order chi connectivity index (χ1) is 19.6. The molecule has 0 unspecified atom stereocenters. The van der Waals surface area contributed by atoms with Crippen molar-refractivity contribution < 1.29 is 28.3 Å². The summed E-state index contributed by atoms with van der Waals surface area (Å²) in [7, 11) is -3.46. The van der Waals surface area contributed by atoms with Crippen molar-refractivity contribution in [3.05, 3.63) is 66.7 Å². The van der Waals surface area contributed by atoms with Gasteiger partial charge in [-0.15, -0.1) is 6.58 Å². The van der Waals surface area contributed by atoms with Gasteiger partial charge < -0.3 is 23.8 Å². The van der Waals surface area contributed by atoms with Gasteiger partial charge in [0.2, 0.25) is 20.7 Å². The number of fused-ring (bicyclic) bond motifs is 2. The second-order valence-corrected chi connectivity index (χ2v) is 15.6. The number of para-hydroxylation sites is 1. The molecule has 0 radical (unpaired) electrons. The molecule has 0 aromatic heterocycles. The SMILES string of the molecule is C=CCN1C(=O)[C@@]2(O[C@@H](CC(=O)N3CCC[C@H]3CO)[C@H]([Si](C)(C)F)[C@H]2C)c2cc(N(C=O)c3ccccc3)ccc21. The number of carbonyl (C=O) groups is 3. The minimum Gasteiger partial charge on any atom is -0.394 e. The van der Waals surface area contributed by atoms with Crippen molar-refractivity contribution in [2.45, 2.75) is 62.6 Å². The van der Waals surface area contributed by atoms with Gasteiger partial charge in [0.1, 0.15) is 0 Å². The van der Waals surface area contributed by atoms with Gasteiger partial charge in [0, 0.05) is 41.5 Å². The highest BCUT2D eigenvalue weighted by Crippen LogP contribution is 2.60. The molecule has 1 spiro atoms. The van der Waals surface area contributed by atoms with E-state index in [4.69, 9.17) is 4.74 Å². The lowest BCUT2D eigenvalue weighted by Crippen LogP contribution is -2.45. The molecule has 8 nitrogen and oxygen atoms in total. The third-order valence-corrected chi connectivity index (χ3v) is 11.4. The van der Waals surface area contributed by atoms with E-state index in [-0.39, 0.29) is 37.4 Å². The Morgan fingerprint density at radius 2 is 1.98 bits per heavy atom. The topological polar surface area (TPSA) is 90.4 Å². The highest BCUT2D eigenvalue weighted by atomic mass is 28.4. The van der Waals surface area contributed by atoms with Gasteiger partial charge in [0.15, 0.2) is 5.60 Å². The zero-order valence-electron chi connectivity index (χ0n) is 23.8. The number of nitrogens with zero attached hydrogens (tertiary/aromatic N) is 3. The molecular weight excluding hydrogens is 541 g/mol. The summed E-state index contributed by atoms with van der Waals surface area (Å²) < 4.78 is 22.8. The fourth-order valence-electron chi connectivity index (χ4n) is 7.20. The first-order valence-corrected chi connectivity index (χ1v) is 17.2. The fourth-order valence-corrected chi connectivity index (χ4v) is 9.69. The Kier molecular flexibility index (Phi) is 7.93. The molecule has 10 heteroatoms. The van der Waals surface area contributed by atoms with Gasteiger partial charge in [-0.3, -0.25) is 19.3 Å². The van der Waals surface area contributed by atoms with Gasteiger partial charge in [0.25, 0.3) is 5.91 Å². The zero-order chi connectivity index (χ0) is 29.5. The van der Waals surface area contributed by atoms with Crippen LogP contribution >= 0.6 is 0 Å². The zero-order valence-corrected chi connectivity index (χ0v) is 24.8. The smallest absolute Gasteiger partial charge is 0.264 e. The molecule has 2 aromatic carbocycles. The minimum absolute atomic E-state index is 0.0676. The van der Waals surface area contributed by atoms with Crippen LogP contribution in [0.15, 0.2) is 61.2 Å². The van der Waals surface area contributed by atoms with E-state index in [1.54, 1.807) is 47.2 Å². The number of rotatable bonds is 9. The van der Waals surface area contributed by atoms with E-state index < -0.39 is 31.6 Å². The summed E-state index contributed by atoms with van der Waals surface area (Å²) in [6, 6.07) is 14.2. The summed E-state index contributed by atoms with van der Waals surface area (Å²) in [4.78, 5) is 44.8. The molecule has 2 fully saturated rings. The monoisotopic (exact) mass is 579 g/mol. The summed E-state index contributed by atoms with van der Waals surface area (Å²) in [5, 5.41) is 9.77. The maximum Gasteiger partial charge on any atom is 0.264 e. The Hall–Kier alpha value is -3.34. The molecule has 41 heavy (non-hydrogen) atoms. The largest absolute Gasteiger partial charge is 0.394 e. The maximum atomic E-state index is 16.1. The van der Waals surface area contributed by atoms with Crippen LogP contribution in [0.1, 0.15) is 31.7 Å². The average molecular weight is 580 g/mol. The second kappa shape index (κ2) is 11.1. The quantitative estimate of drug-likeness (QED) is 0.202. The molecule has 0 aliphatic carbocycles. The van der Waals surface area contributed by atoms with Crippen LogP contribution in [0, 0.1) is 5.92 Å². The van der Waals surface area contributed by atoms with Crippen LogP contribution in [0.3, 0.4) is 0 Å². The van der Waals surface area contributed by atoms with Crippen molar-refractivity contribution in [1.29, 1.82) is 0 Å². The first kappa shape index (κ1) is 29.2. The number of halogens is 1. The Labute approximate surface area is 241 Å². The Morgan fingerprint density at radius 3 is 2.61 bits per heavy atom. The van der Waals surface area contributed by atoms with Crippen molar-refractivity contribution in [3.63, 3.8) is 0 Å². The Balaban J connectivity index is 1.59. The highest BCUT2D eigenvalue weighted by Gasteiger charge is 2.67. The van der Waals surface area contributed by atoms with Crippen molar-refractivity contribution in [1.82, 2.24) is 4.90 Å². The summed E-state index contributed by atoms with van der Waals surface area (Å²) in [5.74, 6) is -1.09. The van der Waals surface area contributed by atoms with Crippen molar-refractivity contribution in [2.24, 2.45) is 5.92 Å². The number of likely N-dealkylation sites (tertiary alicyclic amines) is 1. The number of aliphatic hydroxyl groups excluding tert-OH is 1. The van der Waals surface area contributed by atoms with Gasteiger partial charge >= 0.3 is 0 Å². The van der Waals surface area contributed by atoms with E-state index in [1.807, 2.05) is 37.3 Å². The molecule has 1 N–H and O–H groups in total. The predicted molar refractivity (Wildman–Crippen MR) is 158 cm³/mol. The van der Waals surface area contributed by atoms with Gasteiger partial charge in [-0.2, -0.15) is 0 Å². The van der Waals surface area contributed by atoms with E-state index in [1.165, 1.54) is 4.90 Å². The summed E-state index contributed by atoms with van der Waals surface area (Å²) in [6.07, 6.45) is 2.99. The molecule has 5 atom stereocenters. The van der Waals surface area contributed by atoms with Crippen molar-refractivity contribution >= 4 is 43.7 Å². The molecule has 0 saturated carbocycles. The number of ether oxygens (including phenoxy) is 1. The molecule has 2 aromatic rings. The number of benzene rings is 2. The summed E-state index contributed by atoms with van der Waals surface area (Å²) >= 11 is 0. The van der Waals surface area contributed by atoms with Crippen LogP contribution in [0.2, 0.25) is 18.6 Å². The standard InChI is InChI=1S/C31H38FN3O5Si/c1-5-15-34-26-14-13-23(35(20-37)22-10-7-6-8-11-22)17-25(26)31(30(34)39)21(2)29(41(3,4)32)27(40-31)18-28(38)33-16-9-12-24(33)19-36/h5-8,10-11,13-14,17,20-21,24,27,29,36H,1,9,12,15-16,18-19H2,2-4H3/t21-,24+,27+,29-,31+/m1/s1. The van der Waals surface area contributed by atoms with Crippen LogP contribution in [-0.4, -0.2) is 68.5 Å². The number of aliphatic hydroxyl groups is 1. The molecule has 3 aliphatic rings. The highest BCUT2D eigenvalue weighted by molar-refractivity contribution is 6.72. The normalized spacial score (nSPS) is 27.4. The van der Waals surface area contributed by atoms with Gasteiger partial charge in [-0.05, 0) is 56.3 Å². The number of hydrogen-bond donors (Lipinski definition) is 1. The second-order valence-electron chi connectivity index (χ2n) is 11.8. The first-order valence-electron chi connectivity index (χ1n) is 14.2. The van der Waals surface area contributed by atoms with Crippen LogP contribution in [0.4, 0.5) is 21.2 Å². The lowest BCUT2D eigenvalue weighted by atomic mass is 9.82. The molecule has 3 amide bonds. The van der Waals surface area contributed by atoms with E-state index in [9.17, 15) is 19.5 Å². The molecule has 0 bridgehead atoms. The molecule has 5 rings (SSSR count). The van der Waals surface area contributed by atoms with E-state index in [0.29, 0.717) is 29.2 Å². The molecule has 3 aliphatic heterocycles. The van der Waals surface area contributed by atoms with E-state index in [2.05, 4.69) is 6.58 Å². The molecular formula is C31H38FN3O5Si. The summed E-state index contributed by atoms with van der Waals surface area (Å²) in [6.45, 7) is 9.51. The Morgan fingerprint density at radius 1 is 1.24 bits per heavy atom. The van der Waals surface area contributed by atoms with Crippen LogP contribution in [0.25, 0.3) is 0 Å². The van der Waals surface area contributed by atoms with Crippen LogP contribution in [0.5, 0.6) is 0 Å². The predicted octanol–water partition coefficient (Wildman–Crippen LogP) is 4.66. The van der Waals surface area contributed by atoms with E-state index >= 15 is 4.11 Å². The number of amides is 3. The van der Waals surface area contributed by atoms with Gasteiger partial charge in [0.05, 0.1) is 30.9 Å². The molecule has 218 valence electrons. The Bertz CT molecular complexity index is 1330. The van der Waals surface area contributed by atoms with E-state index in [0.717, 1.165) is 19.3 Å². The molecule has 2 saturated heterocycles. The lowest BCUT2D eigenvalue weighted by Gasteiger charge is -2.31. The van der Waals surface area contributed by atoms with Gasteiger partial charge in [-0.25, -0.2) is 0 Å². The number of hydrogen-bond acceptors (Lipinski definition) is 5. The van der Waals surface area contributed by atoms with Crippen molar-refractivity contribution in [3.8, 4) is 0 Å². The molecule has 3 heterocycles. The summed E-state index contributed by atoms with van der Waals surface area (Å²) in [5.41, 5.74) is 0.225. The average Bonchev–Trinajstić information content (AvgIpc) is 3.60. The van der Waals surface area contributed by atoms with Crippen LogP contribution < -0.4 is 9.80 Å².